The van der Waals surface area contributed by atoms with E-state index in [1.165, 1.54) is 5.56 Å². The van der Waals surface area contributed by atoms with Crippen LogP contribution in [0.3, 0.4) is 0 Å². The van der Waals surface area contributed by atoms with Crippen LogP contribution >= 0.6 is 0 Å². The lowest BCUT2D eigenvalue weighted by atomic mass is 9.74. The molecule has 116 valence electrons. The number of rotatable bonds is 5. The van der Waals surface area contributed by atoms with Crippen molar-refractivity contribution in [3.05, 3.63) is 29.8 Å². The van der Waals surface area contributed by atoms with Gasteiger partial charge in [0.1, 0.15) is 0 Å². The smallest absolute Gasteiger partial charge is 0.230 e. The SMILES string of the molecule is CCCc1ccccc1NC(=O)C(C)(C)C1CCCNC1. The number of piperidine rings is 1. The predicted molar refractivity (Wildman–Crippen MR) is 88.4 cm³/mol. The maximum Gasteiger partial charge on any atom is 0.230 e. The number of hydrogen-bond acceptors (Lipinski definition) is 2. The third kappa shape index (κ3) is 3.85. The summed E-state index contributed by atoms with van der Waals surface area (Å²) in [5.41, 5.74) is 1.86. The van der Waals surface area contributed by atoms with Gasteiger partial charge < -0.3 is 10.6 Å². The number of carbonyl (C=O) groups is 1. The fourth-order valence-electron chi connectivity index (χ4n) is 3.07. The molecule has 1 atom stereocenters. The van der Waals surface area contributed by atoms with Crippen LogP contribution in [0.5, 0.6) is 0 Å². The summed E-state index contributed by atoms with van der Waals surface area (Å²) < 4.78 is 0. The highest BCUT2D eigenvalue weighted by molar-refractivity contribution is 5.95. The monoisotopic (exact) mass is 288 g/mol. The van der Waals surface area contributed by atoms with Crippen LogP contribution in [0.2, 0.25) is 0 Å². The molecule has 0 saturated carbocycles. The number of carbonyl (C=O) groups excluding carboxylic acids is 1. The Morgan fingerprint density at radius 1 is 1.38 bits per heavy atom. The average molecular weight is 288 g/mol. The number of nitrogens with one attached hydrogen (secondary N) is 2. The van der Waals surface area contributed by atoms with Gasteiger partial charge in [0, 0.05) is 11.1 Å². The minimum Gasteiger partial charge on any atom is -0.325 e. The first-order chi connectivity index (χ1) is 10.1. The van der Waals surface area contributed by atoms with Crippen molar-refractivity contribution < 1.29 is 4.79 Å². The first kappa shape index (κ1) is 16.0. The number of benzene rings is 1. The van der Waals surface area contributed by atoms with E-state index in [1.54, 1.807) is 0 Å². The molecule has 3 nitrogen and oxygen atoms in total. The van der Waals surface area contributed by atoms with Crippen molar-refractivity contribution in [3.8, 4) is 0 Å². The van der Waals surface area contributed by atoms with Gasteiger partial charge in [0.05, 0.1) is 0 Å². The van der Waals surface area contributed by atoms with Crippen LogP contribution in [0.1, 0.15) is 45.6 Å². The molecular weight excluding hydrogens is 260 g/mol. The highest BCUT2D eigenvalue weighted by Crippen LogP contribution is 2.33. The van der Waals surface area contributed by atoms with E-state index in [0.29, 0.717) is 5.92 Å². The molecule has 1 aromatic carbocycles. The van der Waals surface area contributed by atoms with E-state index < -0.39 is 0 Å². The van der Waals surface area contributed by atoms with Gasteiger partial charge in [0.25, 0.3) is 0 Å². The molecule has 21 heavy (non-hydrogen) atoms. The third-order valence-electron chi connectivity index (χ3n) is 4.69. The molecule has 0 spiro atoms. The van der Waals surface area contributed by atoms with Crippen LogP contribution in [-0.2, 0) is 11.2 Å². The summed E-state index contributed by atoms with van der Waals surface area (Å²) in [4.78, 5) is 12.8. The van der Waals surface area contributed by atoms with Gasteiger partial charge >= 0.3 is 0 Å². The molecule has 2 rings (SSSR count). The zero-order valence-electron chi connectivity index (χ0n) is 13.5. The molecule has 0 aliphatic carbocycles. The molecule has 1 heterocycles. The second kappa shape index (κ2) is 7.08. The summed E-state index contributed by atoms with van der Waals surface area (Å²) >= 11 is 0. The number of hydrogen-bond donors (Lipinski definition) is 2. The van der Waals surface area contributed by atoms with Crippen molar-refractivity contribution in [1.82, 2.24) is 5.32 Å². The number of anilines is 1. The second-order valence-corrected chi connectivity index (χ2v) is 6.63. The lowest BCUT2D eigenvalue weighted by Gasteiger charge is -2.36. The molecule has 1 aliphatic heterocycles. The van der Waals surface area contributed by atoms with E-state index >= 15 is 0 Å². The zero-order chi connectivity index (χ0) is 15.3. The van der Waals surface area contributed by atoms with Gasteiger partial charge in [0.2, 0.25) is 5.91 Å². The second-order valence-electron chi connectivity index (χ2n) is 6.63. The first-order valence-electron chi connectivity index (χ1n) is 8.15. The summed E-state index contributed by atoms with van der Waals surface area (Å²) in [6, 6.07) is 8.15. The van der Waals surface area contributed by atoms with Crippen LogP contribution in [0, 0.1) is 11.3 Å². The molecule has 3 heteroatoms. The third-order valence-corrected chi connectivity index (χ3v) is 4.69. The first-order valence-corrected chi connectivity index (χ1v) is 8.15. The van der Waals surface area contributed by atoms with E-state index in [-0.39, 0.29) is 11.3 Å². The minimum absolute atomic E-state index is 0.139. The highest BCUT2D eigenvalue weighted by Gasteiger charge is 2.37. The molecule has 0 bridgehead atoms. The predicted octanol–water partition coefficient (Wildman–Crippen LogP) is 3.60. The van der Waals surface area contributed by atoms with E-state index in [1.807, 2.05) is 18.2 Å². The standard InChI is InChI=1S/C18H28N2O/c1-4-8-14-9-5-6-11-16(14)20-17(21)18(2,3)15-10-7-12-19-13-15/h5-6,9,11,15,19H,4,7-8,10,12-13H2,1-3H3,(H,20,21). The van der Waals surface area contributed by atoms with Crippen LogP contribution in [0.25, 0.3) is 0 Å². The Bertz CT molecular complexity index is 476. The summed E-state index contributed by atoms with van der Waals surface area (Å²) in [6.07, 6.45) is 4.38. The van der Waals surface area contributed by atoms with Crippen molar-refractivity contribution in [1.29, 1.82) is 0 Å². The molecule has 1 aliphatic rings. The van der Waals surface area contributed by atoms with Gasteiger partial charge in [0.15, 0.2) is 0 Å². The van der Waals surface area contributed by atoms with Crippen molar-refractivity contribution in [2.75, 3.05) is 18.4 Å². The lowest BCUT2D eigenvalue weighted by Crippen LogP contribution is -2.44. The Hall–Kier alpha value is -1.35. The fraction of sp³-hybridized carbons (Fsp3) is 0.611. The Morgan fingerprint density at radius 2 is 2.14 bits per heavy atom. The van der Waals surface area contributed by atoms with Crippen molar-refractivity contribution in [2.45, 2.75) is 46.5 Å². The molecule has 2 N–H and O–H groups in total. The Balaban J connectivity index is 2.09. The molecular formula is C18H28N2O. The van der Waals surface area contributed by atoms with Crippen molar-refractivity contribution >= 4 is 11.6 Å². The number of aryl methyl sites for hydroxylation is 1. The van der Waals surface area contributed by atoms with Crippen molar-refractivity contribution in [2.24, 2.45) is 11.3 Å². The van der Waals surface area contributed by atoms with Crippen molar-refractivity contribution in [3.63, 3.8) is 0 Å². The molecule has 1 saturated heterocycles. The van der Waals surface area contributed by atoms with E-state index in [4.69, 9.17) is 0 Å². The molecule has 0 aromatic heterocycles. The van der Waals surface area contributed by atoms with Crippen LogP contribution < -0.4 is 10.6 Å². The number of para-hydroxylation sites is 1. The Kier molecular flexibility index (Phi) is 5.40. The maximum atomic E-state index is 12.8. The highest BCUT2D eigenvalue weighted by atomic mass is 16.2. The fourth-order valence-corrected chi connectivity index (χ4v) is 3.07. The largest absolute Gasteiger partial charge is 0.325 e. The van der Waals surface area contributed by atoms with E-state index in [9.17, 15) is 4.79 Å². The molecule has 1 unspecified atom stereocenters. The molecule has 1 amide bonds. The van der Waals surface area contributed by atoms with E-state index in [2.05, 4.69) is 37.5 Å². The molecule has 1 aromatic rings. The zero-order valence-corrected chi connectivity index (χ0v) is 13.5. The van der Waals surface area contributed by atoms with Gasteiger partial charge in [-0.05, 0) is 49.9 Å². The molecule has 0 radical (unpaired) electrons. The van der Waals surface area contributed by atoms with Gasteiger partial charge in [-0.1, -0.05) is 45.4 Å². The summed E-state index contributed by atoms with van der Waals surface area (Å²) in [5.74, 6) is 0.546. The van der Waals surface area contributed by atoms with E-state index in [0.717, 1.165) is 44.5 Å². The average Bonchev–Trinajstić information content (AvgIpc) is 2.50. The maximum absolute atomic E-state index is 12.8. The summed E-state index contributed by atoms with van der Waals surface area (Å²) in [7, 11) is 0. The Morgan fingerprint density at radius 3 is 2.81 bits per heavy atom. The van der Waals surface area contributed by atoms with Crippen LogP contribution in [0.4, 0.5) is 5.69 Å². The Labute approximate surface area is 128 Å². The minimum atomic E-state index is -0.341. The lowest BCUT2D eigenvalue weighted by molar-refractivity contribution is -0.127. The number of amides is 1. The van der Waals surface area contributed by atoms with Crippen LogP contribution in [0.15, 0.2) is 24.3 Å². The summed E-state index contributed by atoms with van der Waals surface area (Å²) in [5, 5.41) is 6.58. The van der Waals surface area contributed by atoms with Gasteiger partial charge in [-0.15, -0.1) is 0 Å². The van der Waals surface area contributed by atoms with Gasteiger partial charge in [-0.3, -0.25) is 4.79 Å². The normalized spacial score (nSPS) is 19.3. The van der Waals surface area contributed by atoms with Gasteiger partial charge in [-0.25, -0.2) is 0 Å². The molecule has 1 fully saturated rings. The van der Waals surface area contributed by atoms with Gasteiger partial charge in [-0.2, -0.15) is 0 Å². The van der Waals surface area contributed by atoms with Crippen LogP contribution in [-0.4, -0.2) is 19.0 Å². The quantitative estimate of drug-likeness (QED) is 0.869. The topological polar surface area (TPSA) is 41.1 Å². The summed E-state index contributed by atoms with van der Waals surface area (Å²) in [6.45, 7) is 8.33.